The molecule has 2 aliphatic rings. The average Bonchev–Trinajstić information content (AvgIpc) is 3.42. The molecule has 0 heterocycles. The van der Waals surface area contributed by atoms with Gasteiger partial charge >= 0.3 is 5.97 Å². The van der Waals surface area contributed by atoms with Crippen molar-refractivity contribution in [2.45, 2.75) is 63.3 Å². The molecule has 0 unspecified atom stereocenters. The standard InChI is InChI=1S/C27H33NO4/c29-19-27(17-21-10-4-5-11-22(21)18-27)28-25(32)26(14-6-7-15-26)16-23(24(30)31)13-12-20-8-2-1-3-9-20/h1-5,8-11,23,29H,6-7,12-19H2,(H,28,32)(H,30,31)/t23-/m0/s1. The number of rotatable bonds is 9. The Bertz CT molecular complexity index is 924. The van der Waals surface area contributed by atoms with E-state index in [0.29, 0.717) is 44.9 Å². The van der Waals surface area contributed by atoms with Crippen LogP contribution in [0.3, 0.4) is 0 Å². The molecule has 0 aliphatic heterocycles. The largest absolute Gasteiger partial charge is 0.481 e. The Balaban J connectivity index is 1.48. The number of carboxylic acid groups (broad SMARTS) is 1. The van der Waals surface area contributed by atoms with Crippen molar-refractivity contribution in [2.24, 2.45) is 11.3 Å². The Labute approximate surface area is 189 Å². The molecule has 170 valence electrons. The zero-order valence-corrected chi connectivity index (χ0v) is 18.6. The summed E-state index contributed by atoms with van der Waals surface area (Å²) < 4.78 is 0. The van der Waals surface area contributed by atoms with Crippen molar-refractivity contribution < 1.29 is 19.8 Å². The lowest BCUT2D eigenvalue weighted by Crippen LogP contribution is -2.56. The SMILES string of the molecule is O=C(O)[C@@H](CCc1ccccc1)CC1(C(=O)NC2(CO)Cc3ccccc3C2)CCCC1. The number of carbonyl (C=O) groups excluding carboxylic acids is 1. The van der Waals surface area contributed by atoms with E-state index in [2.05, 4.69) is 5.32 Å². The van der Waals surface area contributed by atoms with Gasteiger partial charge in [0.25, 0.3) is 0 Å². The number of benzene rings is 2. The number of aliphatic hydroxyl groups excluding tert-OH is 1. The monoisotopic (exact) mass is 435 g/mol. The van der Waals surface area contributed by atoms with E-state index in [-0.39, 0.29) is 12.5 Å². The molecule has 3 N–H and O–H groups in total. The normalized spacial score (nSPS) is 19.3. The van der Waals surface area contributed by atoms with Crippen molar-refractivity contribution in [2.75, 3.05) is 6.61 Å². The maximum absolute atomic E-state index is 13.7. The van der Waals surface area contributed by atoms with E-state index in [9.17, 15) is 19.8 Å². The minimum absolute atomic E-state index is 0.0807. The van der Waals surface area contributed by atoms with E-state index in [1.807, 2.05) is 54.6 Å². The molecule has 1 fully saturated rings. The first kappa shape index (κ1) is 22.5. The topological polar surface area (TPSA) is 86.6 Å². The Hall–Kier alpha value is -2.66. The van der Waals surface area contributed by atoms with Crippen LogP contribution in [0.2, 0.25) is 0 Å². The van der Waals surface area contributed by atoms with E-state index >= 15 is 0 Å². The number of hydrogen-bond donors (Lipinski definition) is 3. The molecule has 0 spiro atoms. The van der Waals surface area contributed by atoms with Gasteiger partial charge in [0.1, 0.15) is 0 Å². The van der Waals surface area contributed by atoms with Gasteiger partial charge in [-0.3, -0.25) is 9.59 Å². The number of fused-ring (bicyclic) bond motifs is 1. The molecule has 2 aliphatic carbocycles. The lowest BCUT2D eigenvalue weighted by atomic mass is 9.74. The van der Waals surface area contributed by atoms with E-state index in [4.69, 9.17) is 0 Å². The summed E-state index contributed by atoms with van der Waals surface area (Å²) in [5.74, 6) is -1.47. The summed E-state index contributed by atoms with van der Waals surface area (Å²) >= 11 is 0. The van der Waals surface area contributed by atoms with Crippen LogP contribution >= 0.6 is 0 Å². The van der Waals surface area contributed by atoms with Gasteiger partial charge in [-0.2, -0.15) is 0 Å². The third-order valence-electron chi connectivity index (χ3n) is 7.51. The summed E-state index contributed by atoms with van der Waals surface area (Å²) in [5.41, 5.74) is 2.07. The predicted molar refractivity (Wildman–Crippen MR) is 123 cm³/mol. The van der Waals surface area contributed by atoms with Crippen LogP contribution < -0.4 is 5.32 Å². The highest BCUT2D eigenvalue weighted by molar-refractivity contribution is 5.85. The van der Waals surface area contributed by atoms with Crippen molar-refractivity contribution >= 4 is 11.9 Å². The number of aryl methyl sites for hydroxylation is 1. The van der Waals surface area contributed by atoms with E-state index in [1.54, 1.807) is 0 Å². The Morgan fingerprint density at radius 2 is 1.53 bits per heavy atom. The van der Waals surface area contributed by atoms with E-state index in [0.717, 1.165) is 29.5 Å². The molecule has 32 heavy (non-hydrogen) atoms. The fraction of sp³-hybridized carbons (Fsp3) is 0.481. The zero-order valence-electron chi connectivity index (χ0n) is 18.6. The van der Waals surface area contributed by atoms with Gasteiger partial charge in [0.2, 0.25) is 5.91 Å². The van der Waals surface area contributed by atoms with Gasteiger partial charge in [0.05, 0.1) is 23.5 Å². The number of nitrogens with one attached hydrogen (secondary N) is 1. The predicted octanol–water partition coefficient (Wildman–Crippen LogP) is 3.92. The van der Waals surface area contributed by atoms with Crippen LogP contribution in [-0.2, 0) is 28.9 Å². The fourth-order valence-corrected chi connectivity index (χ4v) is 5.65. The molecule has 0 bridgehead atoms. The van der Waals surface area contributed by atoms with Crippen molar-refractivity contribution in [3.8, 4) is 0 Å². The molecule has 1 amide bonds. The number of aliphatic hydroxyl groups is 1. The van der Waals surface area contributed by atoms with Crippen molar-refractivity contribution in [3.05, 3.63) is 71.3 Å². The Morgan fingerprint density at radius 1 is 0.938 bits per heavy atom. The van der Waals surface area contributed by atoms with Gasteiger partial charge in [-0.1, -0.05) is 67.4 Å². The summed E-state index contributed by atoms with van der Waals surface area (Å²) in [6.45, 7) is -0.125. The number of carboxylic acids is 1. The van der Waals surface area contributed by atoms with E-state index in [1.165, 1.54) is 0 Å². The lowest BCUT2D eigenvalue weighted by molar-refractivity contribution is -0.145. The lowest BCUT2D eigenvalue weighted by Gasteiger charge is -2.36. The molecular weight excluding hydrogens is 402 g/mol. The molecule has 1 saturated carbocycles. The molecule has 1 atom stereocenters. The molecule has 0 saturated heterocycles. The second kappa shape index (κ2) is 9.45. The van der Waals surface area contributed by atoms with Gasteiger partial charge in [0, 0.05) is 0 Å². The van der Waals surface area contributed by atoms with Crippen LogP contribution in [0.5, 0.6) is 0 Å². The number of amides is 1. The third kappa shape index (κ3) is 4.73. The van der Waals surface area contributed by atoms with Crippen molar-refractivity contribution in [1.29, 1.82) is 0 Å². The van der Waals surface area contributed by atoms with Crippen LogP contribution in [-0.4, -0.2) is 34.2 Å². The Kier molecular flexibility index (Phi) is 6.66. The van der Waals surface area contributed by atoms with Gasteiger partial charge in [-0.25, -0.2) is 0 Å². The minimum atomic E-state index is -0.829. The zero-order chi connectivity index (χ0) is 22.6. The molecule has 0 aromatic heterocycles. The van der Waals surface area contributed by atoms with Crippen LogP contribution in [0.1, 0.15) is 55.2 Å². The minimum Gasteiger partial charge on any atom is -0.481 e. The molecule has 4 rings (SSSR count). The smallest absolute Gasteiger partial charge is 0.306 e. The molecular formula is C27H33NO4. The summed E-state index contributed by atoms with van der Waals surface area (Å²) in [4.78, 5) is 25.8. The first-order valence-corrected chi connectivity index (χ1v) is 11.7. The summed E-state index contributed by atoms with van der Waals surface area (Å²) in [7, 11) is 0. The first-order chi connectivity index (χ1) is 15.5. The highest BCUT2D eigenvalue weighted by Gasteiger charge is 2.47. The maximum Gasteiger partial charge on any atom is 0.306 e. The molecule has 2 aromatic rings. The molecule has 2 aromatic carbocycles. The van der Waals surface area contributed by atoms with Crippen LogP contribution in [0, 0.1) is 11.3 Å². The van der Waals surface area contributed by atoms with Crippen molar-refractivity contribution in [3.63, 3.8) is 0 Å². The van der Waals surface area contributed by atoms with Crippen LogP contribution in [0.15, 0.2) is 54.6 Å². The molecule has 0 radical (unpaired) electrons. The summed E-state index contributed by atoms with van der Waals surface area (Å²) in [5, 5.41) is 23.4. The Morgan fingerprint density at radius 3 is 2.09 bits per heavy atom. The molecule has 5 nitrogen and oxygen atoms in total. The van der Waals surface area contributed by atoms with Gasteiger partial charge in [0.15, 0.2) is 0 Å². The van der Waals surface area contributed by atoms with Crippen LogP contribution in [0.25, 0.3) is 0 Å². The van der Waals surface area contributed by atoms with Gasteiger partial charge < -0.3 is 15.5 Å². The average molecular weight is 436 g/mol. The highest BCUT2D eigenvalue weighted by Crippen LogP contribution is 2.45. The third-order valence-corrected chi connectivity index (χ3v) is 7.51. The van der Waals surface area contributed by atoms with E-state index < -0.39 is 22.8 Å². The van der Waals surface area contributed by atoms with Crippen molar-refractivity contribution in [1.82, 2.24) is 5.32 Å². The van der Waals surface area contributed by atoms with Gasteiger partial charge in [-0.15, -0.1) is 0 Å². The fourth-order valence-electron chi connectivity index (χ4n) is 5.65. The quantitative estimate of drug-likeness (QED) is 0.557. The summed E-state index contributed by atoms with van der Waals surface area (Å²) in [6, 6.07) is 18.0. The van der Waals surface area contributed by atoms with Crippen LogP contribution in [0.4, 0.5) is 0 Å². The van der Waals surface area contributed by atoms with Gasteiger partial charge in [-0.05, 0) is 61.6 Å². The second-order valence-electron chi connectivity index (χ2n) is 9.77. The summed E-state index contributed by atoms with van der Waals surface area (Å²) in [6.07, 6.45) is 6.07. The number of hydrogen-bond acceptors (Lipinski definition) is 3. The maximum atomic E-state index is 13.7. The first-order valence-electron chi connectivity index (χ1n) is 11.7. The molecule has 5 heteroatoms. The number of aliphatic carboxylic acids is 1. The second-order valence-corrected chi connectivity index (χ2v) is 9.77. The highest BCUT2D eigenvalue weighted by atomic mass is 16.4. The number of carbonyl (C=O) groups is 2.